The maximum atomic E-state index is 8.97. The Balaban J connectivity index is 2.19. The van der Waals surface area contributed by atoms with Gasteiger partial charge in [0.1, 0.15) is 0 Å². The summed E-state index contributed by atoms with van der Waals surface area (Å²) < 4.78 is 0. The molecule has 0 amide bonds. The molecular formula is C14H21NO. The van der Waals surface area contributed by atoms with Gasteiger partial charge in [-0.15, -0.1) is 0 Å². The van der Waals surface area contributed by atoms with Gasteiger partial charge < -0.3 is 10.0 Å². The second-order valence-electron chi connectivity index (χ2n) is 5.03. The highest BCUT2D eigenvalue weighted by atomic mass is 16.2. The predicted molar refractivity (Wildman–Crippen MR) is 68.0 cm³/mol. The third-order valence-electron chi connectivity index (χ3n) is 3.13. The molecule has 0 aromatic heterocycles. The molecule has 88 valence electrons. The fourth-order valence-electron chi connectivity index (χ4n) is 2.41. The molecule has 0 radical (unpaired) electrons. The summed E-state index contributed by atoms with van der Waals surface area (Å²) in [5.74, 6) is 0.701. The lowest BCUT2D eigenvalue weighted by Gasteiger charge is -2.22. The molecule has 2 rings (SSSR count). The van der Waals surface area contributed by atoms with Crippen LogP contribution in [0.3, 0.4) is 0 Å². The Morgan fingerprint density at radius 1 is 1.38 bits per heavy atom. The summed E-state index contributed by atoms with van der Waals surface area (Å²) in [7, 11) is 0. The van der Waals surface area contributed by atoms with Crippen LogP contribution in [0.25, 0.3) is 0 Å². The lowest BCUT2D eigenvalue weighted by Crippen LogP contribution is -2.25. The molecule has 1 heterocycles. The molecule has 0 atom stereocenters. The molecule has 2 nitrogen and oxygen atoms in total. The van der Waals surface area contributed by atoms with E-state index in [1.54, 1.807) is 0 Å². The first-order valence-electron chi connectivity index (χ1n) is 6.18. The average Bonchev–Trinajstić information content (AvgIpc) is 2.61. The highest BCUT2D eigenvalue weighted by Gasteiger charge is 2.19. The monoisotopic (exact) mass is 219 g/mol. The van der Waals surface area contributed by atoms with Crippen molar-refractivity contribution >= 4 is 5.69 Å². The van der Waals surface area contributed by atoms with Crippen LogP contribution in [0.5, 0.6) is 0 Å². The Labute approximate surface area is 97.9 Å². The minimum absolute atomic E-state index is 0.239. The molecule has 1 aromatic carbocycles. The molecular weight excluding hydrogens is 198 g/mol. The van der Waals surface area contributed by atoms with Crippen LogP contribution >= 0.6 is 0 Å². The van der Waals surface area contributed by atoms with E-state index in [0.29, 0.717) is 5.92 Å². The summed E-state index contributed by atoms with van der Waals surface area (Å²) in [6, 6.07) is 6.62. The average molecular weight is 219 g/mol. The van der Waals surface area contributed by atoms with Gasteiger partial charge in [0.15, 0.2) is 0 Å². The van der Waals surface area contributed by atoms with E-state index < -0.39 is 0 Å². The van der Waals surface area contributed by atoms with Gasteiger partial charge in [-0.3, -0.25) is 0 Å². The predicted octanol–water partition coefficient (Wildman–Crippen LogP) is 2.24. The number of nitrogens with zero attached hydrogens (tertiary/aromatic N) is 1. The minimum Gasteiger partial charge on any atom is -0.396 e. The molecule has 0 bridgehead atoms. The second-order valence-corrected chi connectivity index (χ2v) is 5.03. The Morgan fingerprint density at radius 3 is 2.88 bits per heavy atom. The highest BCUT2D eigenvalue weighted by Crippen LogP contribution is 2.29. The van der Waals surface area contributed by atoms with Gasteiger partial charge in [-0.25, -0.2) is 0 Å². The van der Waals surface area contributed by atoms with Crippen molar-refractivity contribution in [3.8, 4) is 0 Å². The molecule has 0 spiro atoms. The SMILES string of the molecule is CC(C)CN1CCc2ccc(CCO)cc21. The number of rotatable bonds is 4. The number of benzene rings is 1. The molecule has 1 aliphatic heterocycles. The molecule has 0 fully saturated rings. The van der Waals surface area contributed by atoms with Crippen molar-refractivity contribution < 1.29 is 5.11 Å². The topological polar surface area (TPSA) is 23.5 Å². The van der Waals surface area contributed by atoms with Crippen molar-refractivity contribution in [1.29, 1.82) is 0 Å². The molecule has 1 aromatic rings. The lowest BCUT2D eigenvalue weighted by atomic mass is 10.1. The van der Waals surface area contributed by atoms with E-state index in [1.807, 2.05) is 0 Å². The highest BCUT2D eigenvalue weighted by molar-refractivity contribution is 5.59. The Hall–Kier alpha value is -1.02. The van der Waals surface area contributed by atoms with Gasteiger partial charge in [-0.2, -0.15) is 0 Å². The van der Waals surface area contributed by atoms with Crippen LogP contribution in [0, 0.1) is 5.92 Å². The zero-order chi connectivity index (χ0) is 11.5. The summed E-state index contributed by atoms with van der Waals surface area (Å²) in [5, 5.41) is 8.97. The van der Waals surface area contributed by atoms with E-state index in [4.69, 9.17) is 5.11 Å². The van der Waals surface area contributed by atoms with Gasteiger partial charge >= 0.3 is 0 Å². The van der Waals surface area contributed by atoms with Crippen LogP contribution in [0.4, 0.5) is 5.69 Å². The van der Waals surface area contributed by atoms with Crippen LogP contribution < -0.4 is 4.90 Å². The van der Waals surface area contributed by atoms with Crippen molar-refractivity contribution in [2.45, 2.75) is 26.7 Å². The fourth-order valence-corrected chi connectivity index (χ4v) is 2.41. The normalized spacial score (nSPS) is 14.6. The largest absolute Gasteiger partial charge is 0.396 e. The first kappa shape index (κ1) is 11.5. The lowest BCUT2D eigenvalue weighted by molar-refractivity contribution is 0.299. The number of aliphatic hydroxyl groups excluding tert-OH is 1. The molecule has 1 N–H and O–H groups in total. The first-order chi connectivity index (χ1) is 7.70. The van der Waals surface area contributed by atoms with E-state index in [1.165, 1.54) is 23.2 Å². The van der Waals surface area contributed by atoms with E-state index in [-0.39, 0.29) is 6.61 Å². The Bertz CT molecular complexity index is 360. The van der Waals surface area contributed by atoms with Crippen LogP contribution in [-0.4, -0.2) is 24.8 Å². The van der Waals surface area contributed by atoms with Crippen molar-refractivity contribution in [1.82, 2.24) is 0 Å². The van der Waals surface area contributed by atoms with Crippen LogP contribution in [0.15, 0.2) is 18.2 Å². The van der Waals surface area contributed by atoms with E-state index in [2.05, 4.69) is 36.9 Å². The first-order valence-corrected chi connectivity index (χ1v) is 6.18. The molecule has 0 aliphatic carbocycles. The third kappa shape index (κ3) is 2.38. The summed E-state index contributed by atoms with van der Waals surface area (Å²) in [6.45, 7) is 7.04. The van der Waals surface area contributed by atoms with Crippen LogP contribution in [0.1, 0.15) is 25.0 Å². The molecule has 0 unspecified atom stereocenters. The van der Waals surface area contributed by atoms with Crippen molar-refractivity contribution in [2.24, 2.45) is 5.92 Å². The number of hydrogen-bond donors (Lipinski definition) is 1. The van der Waals surface area contributed by atoms with Gasteiger partial charge in [0.05, 0.1) is 0 Å². The van der Waals surface area contributed by atoms with Crippen molar-refractivity contribution in [3.05, 3.63) is 29.3 Å². The number of fused-ring (bicyclic) bond motifs is 1. The summed E-state index contributed by atoms with van der Waals surface area (Å²) in [6.07, 6.45) is 1.93. The second kappa shape index (κ2) is 4.88. The van der Waals surface area contributed by atoms with E-state index >= 15 is 0 Å². The molecule has 16 heavy (non-hydrogen) atoms. The number of anilines is 1. The van der Waals surface area contributed by atoms with E-state index in [0.717, 1.165) is 19.5 Å². The molecule has 0 saturated carbocycles. The van der Waals surface area contributed by atoms with Gasteiger partial charge in [0, 0.05) is 25.4 Å². The number of hydrogen-bond acceptors (Lipinski definition) is 2. The van der Waals surface area contributed by atoms with Crippen LogP contribution in [-0.2, 0) is 12.8 Å². The fraction of sp³-hybridized carbons (Fsp3) is 0.571. The van der Waals surface area contributed by atoms with Gasteiger partial charge in [0.25, 0.3) is 0 Å². The van der Waals surface area contributed by atoms with Crippen molar-refractivity contribution in [2.75, 3.05) is 24.6 Å². The van der Waals surface area contributed by atoms with E-state index in [9.17, 15) is 0 Å². The zero-order valence-corrected chi connectivity index (χ0v) is 10.2. The summed E-state index contributed by atoms with van der Waals surface area (Å²) in [5.41, 5.74) is 4.10. The Morgan fingerprint density at radius 2 is 2.19 bits per heavy atom. The zero-order valence-electron chi connectivity index (χ0n) is 10.2. The minimum atomic E-state index is 0.239. The summed E-state index contributed by atoms with van der Waals surface area (Å²) >= 11 is 0. The van der Waals surface area contributed by atoms with Gasteiger partial charge in [-0.05, 0) is 36.0 Å². The van der Waals surface area contributed by atoms with Crippen LogP contribution in [0.2, 0.25) is 0 Å². The molecule has 2 heteroatoms. The van der Waals surface area contributed by atoms with Gasteiger partial charge in [0.2, 0.25) is 0 Å². The van der Waals surface area contributed by atoms with Crippen molar-refractivity contribution in [3.63, 3.8) is 0 Å². The quantitative estimate of drug-likeness (QED) is 0.839. The number of aliphatic hydroxyl groups is 1. The third-order valence-corrected chi connectivity index (χ3v) is 3.13. The maximum absolute atomic E-state index is 8.97. The molecule has 1 aliphatic rings. The smallest absolute Gasteiger partial charge is 0.0471 e. The standard InChI is InChI=1S/C14H21NO/c1-11(2)10-15-7-5-13-4-3-12(6-8-16)9-14(13)15/h3-4,9,11,16H,5-8,10H2,1-2H3. The maximum Gasteiger partial charge on any atom is 0.0471 e. The Kier molecular flexibility index (Phi) is 3.49. The summed E-state index contributed by atoms with van der Waals surface area (Å²) in [4.78, 5) is 2.47. The molecule has 0 saturated heterocycles. The van der Waals surface area contributed by atoms with Gasteiger partial charge in [-0.1, -0.05) is 26.0 Å².